The van der Waals surface area contributed by atoms with Gasteiger partial charge in [-0.3, -0.25) is 4.79 Å². The molecule has 0 aliphatic carbocycles. The number of nitrogens with zero attached hydrogens (tertiary/aromatic N) is 3. The Morgan fingerprint density at radius 3 is 2.74 bits per heavy atom. The van der Waals surface area contributed by atoms with Crippen molar-refractivity contribution in [3.8, 4) is 17.6 Å². The smallest absolute Gasteiger partial charge is 0.232 e. The quantitative estimate of drug-likeness (QED) is 0.736. The standard InChI is InChI=1S/C20H16N4O2S/c1-20(2,18(25)23-19-24-22-11-27-19)17-13-5-3-4-6-15(13)26-16-9-12(10-21)7-8-14(16)17/h3-9,11,17H,1-2H3,(H,23,24,25). The Morgan fingerprint density at radius 2 is 2.00 bits per heavy atom. The second-order valence-corrected chi connectivity index (χ2v) is 7.69. The molecule has 0 saturated heterocycles. The summed E-state index contributed by atoms with van der Waals surface area (Å²) in [5.41, 5.74) is 3.11. The van der Waals surface area contributed by atoms with Crippen molar-refractivity contribution in [2.45, 2.75) is 19.8 Å². The number of rotatable bonds is 3. The topological polar surface area (TPSA) is 87.9 Å². The van der Waals surface area contributed by atoms with Crippen LogP contribution in [0.1, 0.15) is 36.5 Å². The van der Waals surface area contributed by atoms with Crippen molar-refractivity contribution in [3.05, 3.63) is 64.7 Å². The fourth-order valence-corrected chi connectivity index (χ4v) is 3.86. The summed E-state index contributed by atoms with van der Waals surface area (Å²) in [6.45, 7) is 3.80. The minimum Gasteiger partial charge on any atom is -0.457 e. The number of ether oxygens (including phenoxy) is 1. The Balaban J connectivity index is 1.81. The number of benzene rings is 2. The van der Waals surface area contributed by atoms with Gasteiger partial charge in [0.2, 0.25) is 11.0 Å². The number of hydrogen-bond donors (Lipinski definition) is 1. The molecule has 4 rings (SSSR count). The lowest BCUT2D eigenvalue weighted by atomic mass is 9.69. The highest BCUT2D eigenvalue weighted by Crippen LogP contribution is 2.52. The first-order chi connectivity index (χ1) is 13.0. The molecule has 27 heavy (non-hydrogen) atoms. The number of fused-ring (bicyclic) bond motifs is 2. The number of carbonyl (C=O) groups excluding carboxylic acids is 1. The Hall–Kier alpha value is -3.24. The summed E-state index contributed by atoms with van der Waals surface area (Å²) in [5.74, 6) is 0.908. The van der Waals surface area contributed by atoms with E-state index < -0.39 is 5.41 Å². The number of carbonyl (C=O) groups is 1. The molecule has 1 aliphatic rings. The van der Waals surface area contributed by atoms with E-state index in [2.05, 4.69) is 21.6 Å². The molecule has 0 radical (unpaired) electrons. The summed E-state index contributed by atoms with van der Waals surface area (Å²) >= 11 is 1.28. The molecule has 0 saturated carbocycles. The van der Waals surface area contributed by atoms with E-state index in [0.29, 0.717) is 22.2 Å². The predicted octanol–water partition coefficient (Wildman–Crippen LogP) is 4.31. The zero-order chi connectivity index (χ0) is 19.0. The lowest BCUT2D eigenvalue weighted by Gasteiger charge is -2.38. The molecule has 0 fully saturated rings. The van der Waals surface area contributed by atoms with E-state index in [4.69, 9.17) is 4.74 Å². The van der Waals surface area contributed by atoms with Gasteiger partial charge in [0.05, 0.1) is 17.0 Å². The molecule has 1 atom stereocenters. The summed E-state index contributed by atoms with van der Waals surface area (Å²) in [7, 11) is 0. The lowest BCUT2D eigenvalue weighted by molar-refractivity contribution is -0.124. The molecule has 0 spiro atoms. The van der Waals surface area contributed by atoms with Gasteiger partial charge < -0.3 is 10.1 Å². The predicted molar refractivity (Wildman–Crippen MR) is 102 cm³/mol. The zero-order valence-electron chi connectivity index (χ0n) is 14.8. The molecular formula is C20H16N4O2S. The van der Waals surface area contributed by atoms with Crippen LogP contribution < -0.4 is 10.1 Å². The van der Waals surface area contributed by atoms with E-state index in [1.807, 2.05) is 44.2 Å². The van der Waals surface area contributed by atoms with Crippen molar-refractivity contribution in [2.24, 2.45) is 5.41 Å². The molecule has 6 nitrogen and oxygen atoms in total. The summed E-state index contributed by atoms with van der Waals surface area (Å²) in [6.07, 6.45) is 0. The molecule has 1 aliphatic heterocycles. The van der Waals surface area contributed by atoms with Crippen molar-refractivity contribution in [2.75, 3.05) is 5.32 Å². The third-order valence-corrected chi connectivity index (χ3v) is 5.40. The number of hydrogen-bond acceptors (Lipinski definition) is 6. The molecule has 134 valence electrons. The monoisotopic (exact) mass is 376 g/mol. The first kappa shape index (κ1) is 17.2. The Bertz CT molecular complexity index is 1050. The fraction of sp³-hybridized carbons (Fsp3) is 0.200. The van der Waals surface area contributed by atoms with Crippen LogP contribution in [0, 0.1) is 16.7 Å². The first-order valence-corrected chi connectivity index (χ1v) is 9.27. The Labute approximate surface area is 160 Å². The molecule has 2 aromatic carbocycles. The fourth-order valence-electron chi connectivity index (χ4n) is 3.42. The van der Waals surface area contributed by atoms with Gasteiger partial charge in [0.25, 0.3) is 0 Å². The van der Waals surface area contributed by atoms with Gasteiger partial charge in [-0.05, 0) is 18.2 Å². The van der Waals surface area contributed by atoms with E-state index >= 15 is 0 Å². The Kier molecular flexibility index (Phi) is 4.13. The van der Waals surface area contributed by atoms with Gasteiger partial charge in [-0.15, -0.1) is 10.2 Å². The number of anilines is 1. The number of nitriles is 1. The Morgan fingerprint density at radius 1 is 1.22 bits per heavy atom. The van der Waals surface area contributed by atoms with Gasteiger partial charge in [0, 0.05) is 17.0 Å². The maximum absolute atomic E-state index is 13.1. The highest BCUT2D eigenvalue weighted by atomic mass is 32.1. The third-order valence-electron chi connectivity index (χ3n) is 4.79. The molecule has 7 heteroatoms. The van der Waals surface area contributed by atoms with Crippen LogP contribution in [-0.2, 0) is 4.79 Å². The van der Waals surface area contributed by atoms with Crippen LogP contribution in [0.3, 0.4) is 0 Å². The van der Waals surface area contributed by atoms with Crippen LogP contribution in [0.5, 0.6) is 11.5 Å². The minimum atomic E-state index is -0.797. The maximum Gasteiger partial charge on any atom is 0.232 e. The van der Waals surface area contributed by atoms with E-state index in [-0.39, 0.29) is 11.8 Å². The van der Waals surface area contributed by atoms with Crippen LogP contribution >= 0.6 is 11.3 Å². The molecule has 1 aromatic heterocycles. The van der Waals surface area contributed by atoms with E-state index in [1.54, 1.807) is 17.6 Å². The van der Waals surface area contributed by atoms with Gasteiger partial charge in [0.1, 0.15) is 17.0 Å². The van der Waals surface area contributed by atoms with Crippen LogP contribution in [-0.4, -0.2) is 16.1 Å². The number of amides is 1. The van der Waals surface area contributed by atoms with Gasteiger partial charge >= 0.3 is 0 Å². The van der Waals surface area contributed by atoms with Crippen molar-refractivity contribution < 1.29 is 9.53 Å². The van der Waals surface area contributed by atoms with Crippen LogP contribution in [0.15, 0.2) is 48.0 Å². The maximum atomic E-state index is 13.1. The average molecular weight is 376 g/mol. The van der Waals surface area contributed by atoms with Crippen molar-refractivity contribution in [3.63, 3.8) is 0 Å². The van der Waals surface area contributed by atoms with Gasteiger partial charge in [-0.2, -0.15) is 5.26 Å². The summed E-state index contributed by atoms with van der Waals surface area (Å²) in [5, 5.41) is 20.2. The highest BCUT2D eigenvalue weighted by Gasteiger charge is 2.43. The third kappa shape index (κ3) is 2.94. The van der Waals surface area contributed by atoms with Crippen molar-refractivity contribution in [1.82, 2.24) is 10.2 Å². The van der Waals surface area contributed by atoms with Gasteiger partial charge in [-0.25, -0.2) is 0 Å². The SMILES string of the molecule is CC(C)(C(=O)Nc1nncs1)C1c2ccccc2Oc2cc(C#N)ccc21. The molecule has 1 N–H and O–H groups in total. The second-order valence-electron chi connectivity index (χ2n) is 6.86. The normalized spacial score (nSPS) is 15.1. The second kappa shape index (κ2) is 6.49. The molecule has 2 heterocycles. The van der Waals surface area contributed by atoms with E-state index in [0.717, 1.165) is 11.1 Å². The summed E-state index contributed by atoms with van der Waals surface area (Å²) < 4.78 is 6.03. The van der Waals surface area contributed by atoms with Crippen molar-refractivity contribution >= 4 is 22.4 Å². The van der Waals surface area contributed by atoms with E-state index in [9.17, 15) is 10.1 Å². The first-order valence-electron chi connectivity index (χ1n) is 8.39. The average Bonchev–Trinajstić information content (AvgIpc) is 3.18. The number of nitrogens with one attached hydrogen (secondary N) is 1. The molecular weight excluding hydrogens is 360 g/mol. The summed E-state index contributed by atoms with van der Waals surface area (Å²) in [6, 6.07) is 15.2. The van der Waals surface area contributed by atoms with Gasteiger partial charge in [0.15, 0.2) is 0 Å². The van der Waals surface area contributed by atoms with E-state index in [1.165, 1.54) is 11.3 Å². The largest absolute Gasteiger partial charge is 0.457 e. The molecule has 0 bridgehead atoms. The van der Waals surface area contributed by atoms with Gasteiger partial charge in [-0.1, -0.05) is 49.4 Å². The van der Waals surface area contributed by atoms with Crippen LogP contribution in [0.4, 0.5) is 5.13 Å². The molecule has 1 unspecified atom stereocenters. The highest BCUT2D eigenvalue weighted by molar-refractivity contribution is 7.13. The minimum absolute atomic E-state index is 0.156. The van der Waals surface area contributed by atoms with Crippen molar-refractivity contribution in [1.29, 1.82) is 5.26 Å². The van der Waals surface area contributed by atoms with Crippen LogP contribution in [0.25, 0.3) is 0 Å². The van der Waals surface area contributed by atoms with Crippen LogP contribution in [0.2, 0.25) is 0 Å². The number of para-hydroxylation sites is 1. The molecule has 3 aromatic rings. The zero-order valence-corrected chi connectivity index (χ0v) is 15.6. The molecule has 1 amide bonds. The lowest BCUT2D eigenvalue weighted by Crippen LogP contribution is -2.38. The summed E-state index contributed by atoms with van der Waals surface area (Å²) in [4.78, 5) is 13.1. The number of aromatic nitrogens is 2.